The van der Waals surface area contributed by atoms with Crippen molar-refractivity contribution in [1.82, 2.24) is 35.3 Å². The summed E-state index contributed by atoms with van der Waals surface area (Å²) < 4.78 is 1.40. The van der Waals surface area contributed by atoms with Gasteiger partial charge in [-0.1, -0.05) is 23.4 Å². The number of carbonyl (C=O) groups is 2. The van der Waals surface area contributed by atoms with Gasteiger partial charge in [0, 0.05) is 25.1 Å². The minimum absolute atomic E-state index is 0.0215. The third-order valence-electron chi connectivity index (χ3n) is 4.62. The van der Waals surface area contributed by atoms with Gasteiger partial charge in [0.15, 0.2) is 11.5 Å². The van der Waals surface area contributed by atoms with Crippen molar-refractivity contribution in [2.45, 2.75) is 18.8 Å². The number of nitrogens with zero attached hydrogens (tertiary/aromatic N) is 6. The van der Waals surface area contributed by atoms with Crippen LogP contribution >= 0.6 is 0 Å². The summed E-state index contributed by atoms with van der Waals surface area (Å²) in [4.78, 5) is 26.5. The molecule has 1 aliphatic rings. The van der Waals surface area contributed by atoms with Gasteiger partial charge in [0.1, 0.15) is 5.69 Å². The lowest BCUT2D eigenvalue weighted by Crippen LogP contribution is -2.39. The average Bonchev–Trinajstić information content (AvgIpc) is 3.38. The summed E-state index contributed by atoms with van der Waals surface area (Å²) in [6.45, 7) is 1.08. The first-order valence-corrected chi connectivity index (χ1v) is 8.61. The van der Waals surface area contributed by atoms with Crippen LogP contribution < -0.4 is 5.73 Å². The number of benzene rings is 1. The Morgan fingerprint density at radius 3 is 2.74 bits per heavy atom. The van der Waals surface area contributed by atoms with Gasteiger partial charge in [-0.2, -0.15) is 10.3 Å². The number of rotatable bonds is 4. The molecular weight excluding hydrogens is 348 g/mol. The number of aromatic amines is 1. The van der Waals surface area contributed by atoms with Crippen LogP contribution in [0.5, 0.6) is 0 Å². The third-order valence-corrected chi connectivity index (χ3v) is 4.62. The first kappa shape index (κ1) is 16.9. The van der Waals surface area contributed by atoms with Crippen molar-refractivity contribution < 1.29 is 9.59 Å². The molecule has 3 heterocycles. The number of nitrogens with one attached hydrogen (secondary N) is 1. The van der Waals surface area contributed by atoms with E-state index in [0.29, 0.717) is 24.6 Å². The molecule has 4 rings (SSSR count). The number of hydrogen-bond donors (Lipinski definition) is 2. The van der Waals surface area contributed by atoms with Gasteiger partial charge < -0.3 is 10.6 Å². The van der Waals surface area contributed by atoms with Crippen LogP contribution in [-0.4, -0.2) is 60.2 Å². The highest BCUT2D eigenvalue weighted by molar-refractivity contribution is 5.97. The summed E-state index contributed by atoms with van der Waals surface area (Å²) in [7, 11) is 0. The van der Waals surface area contributed by atoms with E-state index in [2.05, 4.69) is 25.7 Å². The van der Waals surface area contributed by atoms with Gasteiger partial charge in [-0.25, -0.2) is 4.68 Å². The number of nitrogens with two attached hydrogens (primary N) is 1. The second-order valence-corrected chi connectivity index (χ2v) is 6.39. The van der Waals surface area contributed by atoms with Crippen LogP contribution in [0.4, 0.5) is 0 Å². The van der Waals surface area contributed by atoms with E-state index < -0.39 is 5.91 Å². The Bertz CT molecular complexity index is 951. The summed E-state index contributed by atoms with van der Waals surface area (Å²) >= 11 is 0. The number of hydrogen-bond acceptors (Lipinski definition) is 6. The average molecular weight is 366 g/mol. The van der Waals surface area contributed by atoms with Crippen molar-refractivity contribution in [3.8, 4) is 5.69 Å². The molecule has 10 heteroatoms. The monoisotopic (exact) mass is 366 g/mol. The van der Waals surface area contributed by atoms with E-state index in [9.17, 15) is 9.59 Å². The number of H-pyrrole nitrogens is 1. The zero-order valence-corrected chi connectivity index (χ0v) is 14.4. The number of likely N-dealkylation sites (tertiary alicyclic amines) is 1. The maximum Gasteiger partial charge on any atom is 0.274 e. The number of aromatic nitrogens is 6. The summed E-state index contributed by atoms with van der Waals surface area (Å²) in [6.07, 6.45) is 1.71. The van der Waals surface area contributed by atoms with Gasteiger partial charge in [0.2, 0.25) is 0 Å². The molecule has 3 N–H and O–H groups in total. The fourth-order valence-electron chi connectivity index (χ4n) is 3.30. The molecule has 2 amide bonds. The Kier molecular flexibility index (Phi) is 4.37. The Balaban J connectivity index is 1.61. The molecule has 2 aromatic heterocycles. The molecule has 138 valence electrons. The highest BCUT2D eigenvalue weighted by Crippen LogP contribution is 2.25. The van der Waals surface area contributed by atoms with Gasteiger partial charge in [-0.3, -0.25) is 9.59 Å². The lowest BCUT2D eigenvalue weighted by Gasteiger charge is -2.30. The predicted molar refractivity (Wildman–Crippen MR) is 94.1 cm³/mol. The highest BCUT2D eigenvalue weighted by Gasteiger charge is 2.30. The van der Waals surface area contributed by atoms with Crippen LogP contribution in [0.2, 0.25) is 0 Å². The second-order valence-electron chi connectivity index (χ2n) is 6.39. The fraction of sp³-hybridized carbons (Fsp3) is 0.294. The van der Waals surface area contributed by atoms with Gasteiger partial charge in [-0.05, 0) is 25.0 Å². The number of carbonyl (C=O) groups excluding carboxylic acids is 2. The van der Waals surface area contributed by atoms with Crippen LogP contribution in [0.3, 0.4) is 0 Å². The fourth-order valence-corrected chi connectivity index (χ4v) is 3.30. The van der Waals surface area contributed by atoms with E-state index in [1.165, 1.54) is 10.7 Å². The third kappa shape index (κ3) is 3.28. The van der Waals surface area contributed by atoms with Crippen molar-refractivity contribution in [1.29, 1.82) is 0 Å². The van der Waals surface area contributed by atoms with Gasteiger partial charge in [0.25, 0.3) is 11.8 Å². The minimum Gasteiger partial charge on any atom is -0.364 e. The SMILES string of the molecule is NC(=O)c1cc(C(=O)N2CCCC(c3nn[nH]n3)C2)nn1-c1ccccc1. The largest absolute Gasteiger partial charge is 0.364 e. The minimum atomic E-state index is -0.645. The number of piperidine rings is 1. The number of para-hydroxylation sites is 1. The maximum absolute atomic E-state index is 13.0. The maximum atomic E-state index is 13.0. The zero-order valence-electron chi connectivity index (χ0n) is 14.4. The summed E-state index contributed by atoms with van der Waals surface area (Å²) in [5, 5.41) is 18.4. The molecule has 1 aromatic carbocycles. The Morgan fingerprint density at radius 1 is 1.22 bits per heavy atom. The first-order valence-electron chi connectivity index (χ1n) is 8.61. The van der Waals surface area contributed by atoms with Crippen LogP contribution in [0.15, 0.2) is 36.4 Å². The van der Waals surface area contributed by atoms with Crippen LogP contribution in [0, 0.1) is 0 Å². The smallest absolute Gasteiger partial charge is 0.274 e. The number of amides is 2. The van der Waals surface area contributed by atoms with E-state index in [1.807, 2.05) is 18.2 Å². The molecule has 1 unspecified atom stereocenters. The predicted octanol–water partition coefficient (Wildman–Crippen LogP) is 0.504. The first-order chi connectivity index (χ1) is 13.1. The number of tetrazole rings is 1. The highest BCUT2D eigenvalue weighted by atomic mass is 16.2. The van der Waals surface area contributed by atoms with Crippen molar-refractivity contribution in [2.24, 2.45) is 5.73 Å². The molecule has 1 aliphatic heterocycles. The second kappa shape index (κ2) is 6.98. The van der Waals surface area contributed by atoms with E-state index in [1.54, 1.807) is 17.0 Å². The normalized spacial score (nSPS) is 17.0. The Morgan fingerprint density at radius 2 is 2.04 bits per heavy atom. The van der Waals surface area contributed by atoms with E-state index in [4.69, 9.17) is 5.73 Å². The standard InChI is InChI=1S/C17H18N8O2/c18-15(26)14-9-13(21-25(14)12-6-2-1-3-7-12)17(27)24-8-4-5-11(10-24)16-19-22-23-20-16/h1-3,6-7,9,11H,4-5,8,10H2,(H2,18,26)(H,19,20,22,23). The molecule has 0 bridgehead atoms. The summed E-state index contributed by atoms with van der Waals surface area (Å²) in [6, 6.07) is 10.5. The topological polar surface area (TPSA) is 136 Å². The van der Waals surface area contributed by atoms with Gasteiger partial charge >= 0.3 is 0 Å². The molecule has 27 heavy (non-hydrogen) atoms. The molecule has 10 nitrogen and oxygen atoms in total. The van der Waals surface area contributed by atoms with Crippen LogP contribution in [-0.2, 0) is 0 Å². The molecule has 0 spiro atoms. The summed E-state index contributed by atoms with van der Waals surface area (Å²) in [5.74, 6) is -0.275. The molecule has 0 aliphatic carbocycles. The molecule has 1 saturated heterocycles. The zero-order chi connectivity index (χ0) is 18.8. The molecule has 3 aromatic rings. The van der Waals surface area contributed by atoms with Crippen molar-refractivity contribution >= 4 is 11.8 Å². The summed E-state index contributed by atoms with van der Waals surface area (Å²) in [5.41, 5.74) is 6.48. The Labute approximate surface area is 154 Å². The lowest BCUT2D eigenvalue weighted by atomic mass is 9.97. The quantitative estimate of drug-likeness (QED) is 0.690. The van der Waals surface area contributed by atoms with Gasteiger partial charge in [-0.15, -0.1) is 10.2 Å². The lowest BCUT2D eigenvalue weighted by molar-refractivity contribution is 0.0698. The van der Waals surface area contributed by atoms with E-state index >= 15 is 0 Å². The van der Waals surface area contributed by atoms with Crippen molar-refractivity contribution in [3.05, 3.63) is 53.6 Å². The van der Waals surface area contributed by atoms with Crippen LogP contribution in [0.25, 0.3) is 5.69 Å². The Hall–Kier alpha value is -3.56. The van der Waals surface area contributed by atoms with Crippen molar-refractivity contribution in [2.75, 3.05) is 13.1 Å². The number of primary amides is 1. The van der Waals surface area contributed by atoms with Crippen molar-refractivity contribution in [3.63, 3.8) is 0 Å². The van der Waals surface area contributed by atoms with Gasteiger partial charge in [0.05, 0.1) is 5.69 Å². The molecule has 0 radical (unpaired) electrons. The van der Waals surface area contributed by atoms with E-state index in [0.717, 1.165) is 12.8 Å². The molecular formula is C17H18N8O2. The molecule has 1 fully saturated rings. The molecule has 1 atom stereocenters. The van der Waals surface area contributed by atoms with Crippen LogP contribution in [0.1, 0.15) is 45.6 Å². The van der Waals surface area contributed by atoms with E-state index in [-0.39, 0.29) is 23.2 Å². The molecule has 0 saturated carbocycles.